The van der Waals surface area contributed by atoms with Crippen molar-refractivity contribution in [1.82, 2.24) is 4.57 Å². The first-order valence-corrected chi connectivity index (χ1v) is 7.34. The Morgan fingerprint density at radius 3 is 2.57 bits per heavy atom. The van der Waals surface area contributed by atoms with E-state index >= 15 is 0 Å². The number of nitro groups is 1. The molecule has 0 aliphatic heterocycles. The lowest BCUT2D eigenvalue weighted by Gasteiger charge is -2.09. The summed E-state index contributed by atoms with van der Waals surface area (Å²) in [6, 6.07) is 9.74. The van der Waals surface area contributed by atoms with Crippen LogP contribution in [-0.4, -0.2) is 15.4 Å². The normalized spacial score (nSPS) is 10.9. The second kappa shape index (κ2) is 5.52. The SMILES string of the molecule is Cc1cccc(Cl)c1C(=O)n1cc(C)c2cc([N+](=O)[O-])ccc21. The molecule has 23 heavy (non-hydrogen) atoms. The molecule has 0 atom stereocenters. The molecule has 0 fully saturated rings. The van der Waals surface area contributed by atoms with Gasteiger partial charge in [-0.25, -0.2) is 0 Å². The van der Waals surface area contributed by atoms with Crippen LogP contribution in [0.3, 0.4) is 0 Å². The number of carbonyl (C=O) groups is 1. The fourth-order valence-electron chi connectivity index (χ4n) is 2.69. The van der Waals surface area contributed by atoms with Crippen molar-refractivity contribution < 1.29 is 9.72 Å². The van der Waals surface area contributed by atoms with E-state index in [1.807, 2.05) is 19.9 Å². The number of aryl methyl sites for hydroxylation is 2. The summed E-state index contributed by atoms with van der Waals surface area (Å²) < 4.78 is 1.49. The standard InChI is InChI=1S/C17H13ClN2O3/c1-10-4-3-5-14(18)16(10)17(21)19-9-11(2)13-8-12(20(22)23)6-7-15(13)19/h3-9H,1-2H3. The molecule has 0 spiro atoms. The van der Waals surface area contributed by atoms with Gasteiger partial charge in [0, 0.05) is 23.7 Å². The van der Waals surface area contributed by atoms with E-state index in [4.69, 9.17) is 11.6 Å². The monoisotopic (exact) mass is 328 g/mol. The molecule has 6 heteroatoms. The Balaban J connectivity index is 2.21. The topological polar surface area (TPSA) is 65.1 Å². The lowest BCUT2D eigenvalue weighted by molar-refractivity contribution is -0.384. The molecule has 0 saturated heterocycles. The van der Waals surface area contributed by atoms with Gasteiger partial charge in [-0.1, -0.05) is 23.7 Å². The molecule has 0 amide bonds. The van der Waals surface area contributed by atoms with E-state index < -0.39 is 4.92 Å². The molecule has 5 nitrogen and oxygen atoms in total. The molecule has 0 unspecified atom stereocenters. The number of hydrogen-bond acceptors (Lipinski definition) is 3. The van der Waals surface area contributed by atoms with E-state index in [0.717, 1.165) is 11.1 Å². The fourth-order valence-corrected chi connectivity index (χ4v) is 2.99. The largest absolute Gasteiger partial charge is 0.283 e. The van der Waals surface area contributed by atoms with Crippen LogP contribution in [0.15, 0.2) is 42.6 Å². The van der Waals surface area contributed by atoms with Crippen LogP contribution in [-0.2, 0) is 0 Å². The first kappa shape index (κ1) is 15.2. The minimum atomic E-state index is -0.448. The Bertz CT molecular complexity index is 940. The first-order valence-electron chi connectivity index (χ1n) is 6.96. The maximum atomic E-state index is 12.9. The number of carbonyl (C=O) groups excluding carboxylic acids is 1. The highest BCUT2D eigenvalue weighted by Crippen LogP contribution is 2.28. The number of rotatable bonds is 2. The summed E-state index contributed by atoms with van der Waals surface area (Å²) in [5, 5.41) is 12.0. The third kappa shape index (κ3) is 2.49. The molecule has 1 heterocycles. The number of non-ortho nitro benzene ring substituents is 1. The van der Waals surface area contributed by atoms with Gasteiger partial charge in [0.1, 0.15) is 0 Å². The van der Waals surface area contributed by atoms with E-state index in [9.17, 15) is 14.9 Å². The predicted octanol–water partition coefficient (Wildman–Crippen LogP) is 4.51. The van der Waals surface area contributed by atoms with Gasteiger partial charge in [0.25, 0.3) is 11.6 Å². The molecule has 116 valence electrons. The zero-order valence-electron chi connectivity index (χ0n) is 12.5. The van der Waals surface area contributed by atoms with Crippen LogP contribution in [0.5, 0.6) is 0 Å². The number of halogens is 1. The highest BCUT2D eigenvalue weighted by Gasteiger charge is 2.19. The summed E-state index contributed by atoms with van der Waals surface area (Å²) in [4.78, 5) is 23.4. The Morgan fingerprint density at radius 1 is 1.17 bits per heavy atom. The Morgan fingerprint density at radius 2 is 1.91 bits per heavy atom. The molecule has 3 rings (SSSR count). The van der Waals surface area contributed by atoms with Crippen LogP contribution in [0.1, 0.15) is 21.5 Å². The van der Waals surface area contributed by atoms with Crippen molar-refractivity contribution in [3.05, 3.63) is 74.4 Å². The van der Waals surface area contributed by atoms with Gasteiger partial charge in [0.2, 0.25) is 0 Å². The van der Waals surface area contributed by atoms with Crippen molar-refractivity contribution in [3.63, 3.8) is 0 Å². The Hall–Kier alpha value is -2.66. The van der Waals surface area contributed by atoms with Crippen molar-refractivity contribution in [3.8, 4) is 0 Å². The van der Waals surface area contributed by atoms with Crippen LogP contribution in [0.25, 0.3) is 10.9 Å². The molecule has 0 N–H and O–H groups in total. The summed E-state index contributed by atoms with van der Waals surface area (Å²) in [5.74, 6) is -0.250. The van der Waals surface area contributed by atoms with Crippen LogP contribution in [0, 0.1) is 24.0 Å². The quantitative estimate of drug-likeness (QED) is 0.513. The van der Waals surface area contributed by atoms with Gasteiger partial charge in [0.15, 0.2) is 0 Å². The van der Waals surface area contributed by atoms with Gasteiger partial charge in [-0.2, -0.15) is 0 Å². The molecule has 3 aromatic rings. The zero-order valence-corrected chi connectivity index (χ0v) is 13.3. The predicted molar refractivity (Wildman–Crippen MR) is 89.2 cm³/mol. The van der Waals surface area contributed by atoms with Gasteiger partial charge in [-0.3, -0.25) is 19.5 Å². The number of nitrogens with zero attached hydrogens (tertiary/aromatic N) is 2. The maximum absolute atomic E-state index is 12.9. The molecule has 0 aliphatic rings. The smallest absolute Gasteiger partial charge is 0.270 e. The molecule has 0 radical (unpaired) electrons. The lowest BCUT2D eigenvalue weighted by Crippen LogP contribution is -2.13. The third-order valence-electron chi connectivity index (χ3n) is 3.85. The molecule has 0 aliphatic carbocycles. The third-order valence-corrected chi connectivity index (χ3v) is 4.17. The minimum Gasteiger partial charge on any atom is -0.283 e. The molecular formula is C17H13ClN2O3. The summed E-state index contributed by atoms with van der Waals surface area (Å²) >= 11 is 6.18. The number of nitro benzene ring substituents is 1. The number of benzene rings is 2. The van der Waals surface area contributed by atoms with Crippen LogP contribution >= 0.6 is 11.6 Å². The summed E-state index contributed by atoms with van der Waals surface area (Å²) in [6.45, 7) is 3.64. The lowest BCUT2D eigenvalue weighted by atomic mass is 10.1. The first-order chi connectivity index (χ1) is 10.9. The van der Waals surface area contributed by atoms with E-state index in [1.165, 1.54) is 16.7 Å². The minimum absolute atomic E-state index is 0.000256. The number of hydrogen-bond donors (Lipinski definition) is 0. The van der Waals surface area contributed by atoms with Crippen LogP contribution in [0.2, 0.25) is 5.02 Å². The molecule has 0 bridgehead atoms. The number of aromatic nitrogens is 1. The highest BCUT2D eigenvalue weighted by atomic mass is 35.5. The summed E-state index contributed by atoms with van der Waals surface area (Å²) in [6.07, 6.45) is 1.68. The van der Waals surface area contributed by atoms with Gasteiger partial charge in [-0.05, 0) is 37.1 Å². The van der Waals surface area contributed by atoms with Crippen molar-refractivity contribution in [2.45, 2.75) is 13.8 Å². The van der Waals surface area contributed by atoms with Gasteiger partial charge < -0.3 is 0 Å². The van der Waals surface area contributed by atoms with Crippen LogP contribution < -0.4 is 0 Å². The fraction of sp³-hybridized carbons (Fsp3) is 0.118. The maximum Gasteiger partial charge on any atom is 0.270 e. The van der Waals surface area contributed by atoms with Crippen LogP contribution in [0.4, 0.5) is 5.69 Å². The van der Waals surface area contributed by atoms with Crippen molar-refractivity contribution in [2.24, 2.45) is 0 Å². The second-order valence-corrected chi connectivity index (χ2v) is 5.78. The van der Waals surface area contributed by atoms with Crippen molar-refractivity contribution in [1.29, 1.82) is 0 Å². The summed E-state index contributed by atoms with van der Waals surface area (Å²) in [5.41, 5.74) is 2.63. The molecule has 1 aromatic heterocycles. The average Bonchev–Trinajstić information content (AvgIpc) is 2.83. The Kier molecular flexibility index (Phi) is 3.66. The number of fused-ring (bicyclic) bond motifs is 1. The zero-order chi connectivity index (χ0) is 16.7. The molecular weight excluding hydrogens is 316 g/mol. The van der Waals surface area contributed by atoms with E-state index in [2.05, 4.69) is 0 Å². The summed E-state index contributed by atoms with van der Waals surface area (Å²) in [7, 11) is 0. The van der Waals surface area contributed by atoms with Crippen molar-refractivity contribution >= 4 is 34.1 Å². The van der Waals surface area contributed by atoms with Gasteiger partial charge in [0.05, 0.1) is 21.0 Å². The second-order valence-electron chi connectivity index (χ2n) is 5.38. The van der Waals surface area contributed by atoms with E-state index in [-0.39, 0.29) is 11.6 Å². The highest BCUT2D eigenvalue weighted by molar-refractivity contribution is 6.34. The molecule has 2 aromatic carbocycles. The van der Waals surface area contributed by atoms with E-state index in [0.29, 0.717) is 21.5 Å². The van der Waals surface area contributed by atoms with Crippen molar-refractivity contribution in [2.75, 3.05) is 0 Å². The van der Waals surface area contributed by atoms with Gasteiger partial charge >= 0.3 is 0 Å². The average molecular weight is 329 g/mol. The van der Waals surface area contributed by atoms with E-state index in [1.54, 1.807) is 24.4 Å². The van der Waals surface area contributed by atoms with Gasteiger partial charge in [-0.15, -0.1) is 0 Å². The Labute approximate surface area is 137 Å². The molecule has 0 saturated carbocycles.